The normalized spacial score (nSPS) is 10.1. The lowest BCUT2D eigenvalue weighted by atomic mass is 10.2. The van der Waals surface area contributed by atoms with Gasteiger partial charge in [-0.25, -0.2) is 4.79 Å². The lowest BCUT2D eigenvalue weighted by Gasteiger charge is -2.19. The Morgan fingerprint density at radius 3 is 2.44 bits per heavy atom. The maximum absolute atomic E-state index is 11.6. The molecule has 0 bridgehead atoms. The van der Waals surface area contributed by atoms with E-state index in [1.165, 1.54) is 23.5 Å². The van der Waals surface area contributed by atoms with Gasteiger partial charge in [-0.3, -0.25) is 4.79 Å². The first-order chi connectivity index (χ1) is 8.61. The van der Waals surface area contributed by atoms with E-state index in [1.807, 2.05) is 11.8 Å². The SMILES string of the molecule is CCN(CC(=O)O)C(=O)NCCCCCCSC. The van der Waals surface area contributed by atoms with Gasteiger partial charge in [-0.15, -0.1) is 0 Å². The molecule has 106 valence electrons. The number of rotatable bonds is 10. The number of carboxylic acids is 1. The molecule has 18 heavy (non-hydrogen) atoms. The Balaban J connectivity index is 3.59. The Morgan fingerprint density at radius 1 is 1.22 bits per heavy atom. The van der Waals surface area contributed by atoms with Crippen LogP contribution >= 0.6 is 11.8 Å². The third-order valence-electron chi connectivity index (χ3n) is 2.55. The summed E-state index contributed by atoms with van der Waals surface area (Å²) < 4.78 is 0. The molecular formula is C12H24N2O3S. The Morgan fingerprint density at radius 2 is 1.89 bits per heavy atom. The Kier molecular flexibility index (Phi) is 10.6. The number of carboxylic acid groups (broad SMARTS) is 1. The monoisotopic (exact) mass is 276 g/mol. The fraction of sp³-hybridized carbons (Fsp3) is 0.833. The number of urea groups is 1. The fourth-order valence-corrected chi connectivity index (χ4v) is 2.02. The summed E-state index contributed by atoms with van der Waals surface area (Å²) in [6, 6.07) is -0.288. The molecule has 0 unspecified atom stereocenters. The predicted octanol–water partition coefficient (Wildman–Crippen LogP) is 2.03. The molecule has 0 aliphatic rings. The highest BCUT2D eigenvalue weighted by atomic mass is 32.2. The zero-order chi connectivity index (χ0) is 13.8. The van der Waals surface area contributed by atoms with Crippen LogP contribution in [0.25, 0.3) is 0 Å². The van der Waals surface area contributed by atoms with Gasteiger partial charge in [0.05, 0.1) is 0 Å². The molecule has 0 fully saturated rings. The second-order valence-corrected chi connectivity index (χ2v) is 5.03. The molecule has 2 N–H and O–H groups in total. The molecule has 0 heterocycles. The highest BCUT2D eigenvalue weighted by Crippen LogP contribution is 2.03. The van der Waals surface area contributed by atoms with Crippen LogP contribution in [0.3, 0.4) is 0 Å². The largest absolute Gasteiger partial charge is 0.480 e. The molecule has 0 radical (unpaired) electrons. The van der Waals surface area contributed by atoms with Crippen molar-refractivity contribution in [2.24, 2.45) is 0 Å². The summed E-state index contributed by atoms with van der Waals surface area (Å²) in [5.41, 5.74) is 0. The number of nitrogens with one attached hydrogen (secondary N) is 1. The molecule has 0 aliphatic heterocycles. The van der Waals surface area contributed by atoms with Crippen molar-refractivity contribution in [1.82, 2.24) is 10.2 Å². The van der Waals surface area contributed by atoms with Crippen LogP contribution in [0, 0.1) is 0 Å². The quantitative estimate of drug-likeness (QED) is 0.599. The first-order valence-electron chi connectivity index (χ1n) is 6.35. The molecule has 6 heteroatoms. The third kappa shape index (κ3) is 9.15. The molecule has 5 nitrogen and oxygen atoms in total. The lowest BCUT2D eigenvalue weighted by Crippen LogP contribution is -2.42. The van der Waals surface area contributed by atoms with E-state index < -0.39 is 5.97 Å². The first kappa shape index (κ1) is 17.1. The highest BCUT2D eigenvalue weighted by Gasteiger charge is 2.13. The summed E-state index contributed by atoms with van der Waals surface area (Å²) in [4.78, 5) is 23.4. The van der Waals surface area contributed by atoms with Crippen LogP contribution in [-0.2, 0) is 4.79 Å². The number of nitrogens with zero attached hydrogens (tertiary/aromatic N) is 1. The molecule has 2 amide bonds. The number of hydrogen-bond acceptors (Lipinski definition) is 3. The molecule has 0 aromatic carbocycles. The molecule has 0 saturated carbocycles. The third-order valence-corrected chi connectivity index (χ3v) is 3.24. The van der Waals surface area contributed by atoms with Crippen LogP contribution in [0.5, 0.6) is 0 Å². The van der Waals surface area contributed by atoms with Crippen molar-refractivity contribution < 1.29 is 14.7 Å². The van der Waals surface area contributed by atoms with E-state index in [4.69, 9.17) is 5.11 Å². The topological polar surface area (TPSA) is 69.6 Å². The van der Waals surface area contributed by atoms with E-state index in [2.05, 4.69) is 11.6 Å². The van der Waals surface area contributed by atoms with Crippen molar-refractivity contribution in [1.29, 1.82) is 0 Å². The maximum atomic E-state index is 11.6. The van der Waals surface area contributed by atoms with Gasteiger partial charge in [0, 0.05) is 13.1 Å². The Bertz CT molecular complexity index is 249. The average molecular weight is 276 g/mol. The summed E-state index contributed by atoms with van der Waals surface area (Å²) in [6.45, 7) is 2.56. The van der Waals surface area contributed by atoms with Crippen LogP contribution in [0.15, 0.2) is 0 Å². The number of aliphatic carboxylic acids is 1. The van der Waals surface area contributed by atoms with Gasteiger partial charge >= 0.3 is 12.0 Å². The number of hydrogen-bond donors (Lipinski definition) is 2. The van der Waals surface area contributed by atoms with Crippen LogP contribution in [0.1, 0.15) is 32.6 Å². The fourth-order valence-electron chi connectivity index (χ4n) is 1.52. The number of carbonyl (C=O) groups excluding carboxylic acids is 1. The van der Waals surface area contributed by atoms with Gasteiger partial charge < -0.3 is 15.3 Å². The van der Waals surface area contributed by atoms with Gasteiger partial charge in [0.15, 0.2) is 0 Å². The minimum absolute atomic E-state index is 0.240. The summed E-state index contributed by atoms with van der Waals surface area (Å²) >= 11 is 1.85. The average Bonchev–Trinajstić information content (AvgIpc) is 2.34. The highest BCUT2D eigenvalue weighted by molar-refractivity contribution is 7.98. The van der Waals surface area contributed by atoms with Crippen LogP contribution in [0.2, 0.25) is 0 Å². The maximum Gasteiger partial charge on any atom is 0.323 e. The molecule has 0 aromatic rings. The molecule has 0 atom stereocenters. The van der Waals surface area contributed by atoms with Crippen molar-refractivity contribution in [3.63, 3.8) is 0 Å². The predicted molar refractivity (Wildman–Crippen MR) is 75.1 cm³/mol. The molecule has 0 rings (SSSR count). The zero-order valence-electron chi connectivity index (χ0n) is 11.3. The van der Waals surface area contributed by atoms with Gasteiger partial charge in [0.2, 0.25) is 0 Å². The van der Waals surface area contributed by atoms with Gasteiger partial charge in [-0.2, -0.15) is 11.8 Å². The van der Waals surface area contributed by atoms with Gasteiger partial charge in [0.25, 0.3) is 0 Å². The van der Waals surface area contributed by atoms with Crippen LogP contribution in [0.4, 0.5) is 4.79 Å². The Labute approximate surface area is 113 Å². The number of unbranched alkanes of at least 4 members (excludes halogenated alkanes) is 3. The first-order valence-corrected chi connectivity index (χ1v) is 7.74. The van der Waals surface area contributed by atoms with E-state index in [1.54, 1.807) is 6.92 Å². The smallest absolute Gasteiger partial charge is 0.323 e. The van der Waals surface area contributed by atoms with E-state index in [-0.39, 0.29) is 12.6 Å². The van der Waals surface area contributed by atoms with Crippen molar-refractivity contribution in [2.75, 3.05) is 31.6 Å². The van der Waals surface area contributed by atoms with E-state index in [9.17, 15) is 9.59 Å². The standard InChI is InChI=1S/C12H24N2O3S/c1-3-14(10-11(15)16)12(17)13-8-6-4-5-7-9-18-2/h3-10H2,1-2H3,(H,13,17)(H,15,16). The van der Waals surface area contributed by atoms with Crippen molar-refractivity contribution in [3.05, 3.63) is 0 Å². The summed E-state index contributed by atoms with van der Waals surface area (Å²) in [7, 11) is 0. The van der Waals surface area contributed by atoms with Crippen molar-refractivity contribution in [3.8, 4) is 0 Å². The molecule has 0 aromatic heterocycles. The number of thioether (sulfide) groups is 1. The lowest BCUT2D eigenvalue weighted by molar-refractivity contribution is -0.137. The van der Waals surface area contributed by atoms with Crippen LogP contribution < -0.4 is 5.32 Å². The van der Waals surface area contributed by atoms with Gasteiger partial charge in [0.1, 0.15) is 6.54 Å². The zero-order valence-corrected chi connectivity index (χ0v) is 12.1. The molecule has 0 spiro atoms. The van der Waals surface area contributed by atoms with E-state index in [0.29, 0.717) is 13.1 Å². The minimum atomic E-state index is -0.982. The van der Waals surface area contributed by atoms with E-state index >= 15 is 0 Å². The molecular weight excluding hydrogens is 252 g/mol. The molecule has 0 aliphatic carbocycles. The second kappa shape index (κ2) is 11.2. The van der Waals surface area contributed by atoms with E-state index in [0.717, 1.165) is 12.8 Å². The summed E-state index contributed by atoms with van der Waals surface area (Å²) in [5, 5.41) is 11.4. The van der Waals surface area contributed by atoms with Crippen LogP contribution in [-0.4, -0.2) is 53.6 Å². The summed E-state index contributed by atoms with van der Waals surface area (Å²) in [6.07, 6.45) is 6.55. The van der Waals surface area contributed by atoms with Gasteiger partial charge in [-0.05, 0) is 31.8 Å². The second-order valence-electron chi connectivity index (χ2n) is 4.05. The van der Waals surface area contributed by atoms with Crippen molar-refractivity contribution in [2.45, 2.75) is 32.6 Å². The Hall–Kier alpha value is -0.910. The molecule has 0 saturated heterocycles. The summed E-state index contributed by atoms with van der Waals surface area (Å²) in [5.74, 6) is 0.207. The number of likely N-dealkylation sites (N-methyl/N-ethyl adjacent to an activating group) is 1. The number of amides is 2. The minimum Gasteiger partial charge on any atom is -0.480 e. The van der Waals surface area contributed by atoms with Crippen molar-refractivity contribution >= 4 is 23.8 Å². The van der Waals surface area contributed by atoms with Gasteiger partial charge in [-0.1, -0.05) is 12.8 Å². The number of carbonyl (C=O) groups is 2.